The van der Waals surface area contributed by atoms with Crippen LogP contribution in [0.1, 0.15) is 27.2 Å². The van der Waals surface area contributed by atoms with Crippen LogP contribution in [0.15, 0.2) is 0 Å². The Morgan fingerprint density at radius 1 is 1.58 bits per heavy atom. The SMILES string of the molecule is C#CC(CC)NCC(C)(C)CO. The van der Waals surface area contributed by atoms with Crippen molar-refractivity contribution in [3.63, 3.8) is 0 Å². The summed E-state index contributed by atoms with van der Waals surface area (Å²) in [7, 11) is 0. The fraction of sp³-hybridized carbons (Fsp3) is 0.800. The van der Waals surface area contributed by atoms with Crippen LogP contribution in [0.4, 0.5) is 0 Å². The van der Waals surface area contributed by atoms with Gasteiger partial charge in [-0.3, -0.25) is 0 Å². The first kappa shape index (κ1) is 11.5. The molecule has 0 aliphatic carbocycles. The van der Waals surface area contributed by atoms with Gasteiger partial charge in [0.05, 0.1) is 6.04 Å². The molecular weight excluding hydrogens is 150 g/mol. The quantitative estimate of drug-likeness (QED) is 0.602. The fourth-order valence-electron chi connectivity index (χ4n) is 0.777. The summed E-state index contributed by atoms with van der Waals surface area (Å²) in [4.78, 5) is 0. The largest absolute Gasteiger partial charge is 0.396 e. The smallest absolute Gasteiger partial charge is 0.0684 e. The number of terminal acetylenes is 1. The van der Waals surface area contributed by atoms with E-state index < -0.39 is 0 Å². The van der Waals surface area contributed by atoms with E-state index in [2.05, 4.69) is 11.2 Å². The minimum absolute atomic E-state index is 0.0791. The first-order valence-electron chi connectivity index (χ1n) is 4.36. The summed E-state index contributed by atoms with van der Waals surface area (Å²) >= 11 is 0. The van der Waals surface area contributed by atoms with Gasteiger partial charge in [-0.1, -0.05) is 26.7 Å². The van der Waals surface area contributed by atoms with Crippen LogP contribution >= 0.6 is 0 Å². The number of hydrogen-bond donors (Lipinski definition) is 2. The molecular formula is C10H19NO. The van der Waals surface area contributed by atoms with E-state index in [4.69, 9.17) is 11.5 Å². The molecule has 0 aromatic rings. The van der Waals surface area contributed by atoms with Gasteiger partial charge in [0.1, 0.15) is 0 Å². The van der Waals surface area contributed by atoms with Gasteiger partial charge >= 0.3 is 0 Å². The molecule has 70 valence electrons. The average Bonchev–Trinajstić information content (AvgIpc) is 2.06. The van der Waals surface area contributed by atoms with Crippen molar-refractivity contribution in [2.24, 2.45) is 5.41 Å². The van der Waals surface area contributed by atoms with Crippen LogP contribution in [0, 0.1) is 17.8 Å². The first-order valence-corrected chi connectivity index (χ1v) is 4.36. The van der Waals surface area contributed by atoms with Crippen molar-refractivity contribution in [1.29, 1.82) is 0 Å². The molecule has 0 amide bonds. The van der Waals surface area contributed by atoms with E-state index in [9.17, 15) is 0 Å². The maximum Gasteiger partial charge on any atom is 0.0684 e. The van der Waals surface area contributed by atoms with Gasteiger partial charge in [0.15, 0.2) is 0 Å². The monoisotopic (exact) mass is 169 g/mol. The van der Waals surface area contributed by atoms with E-state index in [1.165, 1.54) is 0 Å². The Balaban J connectivity index is 3.75. The number of rotatable bonds is 5. The van der Waals surface area contributed by atoms with E-state index in [-0.39, 0.29) is 18.1 Å². The van der Waals surface area contributed by atoms with Crippen molar-refractivity contribution in [2.45, 2.75) is 33.2 Å². The molecule has 0 aliphatic rings. The highest BCUT2D eigenvalue weighted by atomic mass is 16.3. The molecule has 0 aromatic heterocycles. The van der Waals surface area contributed by atoms with E-state index in [1.54, 1.807) is 0 Å². The Morgan fingerprint density at radius 2 is 2.17 bits per heavy atom. The van der Waals surface area contributed by atoms with Crippen molar-refractivity contribution >= 4 is 0 Å². The van der Waals surface area contributed by atoms with Crippen molar-refractivity contribution in [1.82, 2.24) is 5.32 Å². The third-order valence-corrected chi connectivity index (χ3v) is 1.86. The van der Waals surface area contributed by atoms with Crippen molar-refractivity contribution < 1.29 is 5.11 Å². The van der Waals surface area contributed by atoms with Gasteiger partial charge in [-0.25, -0.2) is 0 Å². The number of hydrogen-bond acceptors (Lipinski definition) is 2. The molecule has 2 N–H and O–H groups in total. The molecule has 0 fully saturated rings. The van der Waals surface area contributed by atoms with Crippen molar-refractivity contribution in [3.8, 4) is 12.3 Å². The third kappa shape index (κ3) is 4.38. The number of aliphatic hydroxyl groups excluding tert-OH is 1. The molecule has 0 bridgehead atoms. The van der Waals surface area contributed by atoms with E-state index in [0.29, 0.717) is 0 Å². The van der Waals surface area contributed by atoms with Crippen LogP contribution in [0.5, 0.6) is 0 Å². The van der Waals surface area contributed by atoms with Gasteiger partial charge in [-0.2, -0.15) is 0 Å². The zero-order chi connectivity index (χ0) is 9.61. The molecule has 2 nitrogen and oxygen atoms in total. The predicted molar refractivity (Wildman–Crippen MR) is 51.8 cm³/mol. The van der Waals surface area contributed by atoms with E-state index in [0.717, 1.165) is 13.0 Å². The Morgan fingerprint density at radius 3 is 2.50 bits per heavy atom. The van der Waals surface area contributed by atoms with Gasteiger partial charge in [0, 0.05) is 18.6 Å². The Hall–Kier alpha value is -0.520. The molecule has 0 radical (unpaired) electrons. The van der Waals surface area contributed by atoms with Crippen molar-refractivity contribution in [2.75, 3.05) is 13.2 Å². The maximum absolute atomic E-state index is 8.96. The molecule has 1 unspecified atom stereocenters. The molecule has 2 heteroatoms. The summed E-state index contributed by atoms with van der Waals surface area (Å²) in [6, 6.07) is 0.135. The number of nitrogens with one attached hydrogen (secondary N) is 1. The lowest BCUT2D eigenvalue weighted by molar-refractivity contribution is 0.155. The molecule has 0 heterocycles. The Kier molecular flexibility index (Phi) is 4.96. The summed E-state index contributed by atoms with van der Waals surface area (Å²) in [5.41, 5.74) is -0.0791. The van der Waals surface area contributed by atoms with Crippen LogP contribution in [-0.4, -0.2) is 24.3 Å². The highest BCUT2D eigenvalue weighted by Gasteiger charge is 2.16. The zero-order valence-corrected chi connectivity index (χ0v) is 8.22. The Bertz CT molecular complexity index is 158. The summed E-state index contributed by atoms with van der Waals surface area (Å²) in [5, 5.41) is 12.2. The lowest BCUT2D eigenvalue weighted by Crippen LogP contribution is -2.37. The molecule has 0 aromatic carbocycles. The highest BCUT2D eigenvalue weighted by Crippen LogP contribution is 2.11. The minimum Gasteiger partial charge on any atom is -0.396 e. The predicted octanol–water partition coefficient (Wildman–Crippen LogP) is 1.01. The Labute approximate surface area is 75.4 Å². The first-order chi connectivity index (χ1) is 5.55. The molecule has 1 atom stereocenters. The molecule has 0 spiro atoms. The second-order valence-corrected chi connectivity index (χ2v) is 3.83. The normalized spacial score (nSPS) is 13.9. The van der Waals surface area contributed by atoms with Crippen LogP contribution in [0.3, 0.4) is 0 Å². The van der Waals surface area contributed by atoms with E-state index >= 15 is 0 Å². The minimum atomic E-state index is -0.0791. The molecule has 0 rings (SSSR count). The molecule has 0 aliphatic heterocycles. The second kappa shape index (κ2) is 5.18. The highest BCUT2D eigenvalue weighted by molar-refractivity contribution is 4.98. The second-order valence-electron chi connectivity index (χ2n) is 3.83. The summed E-state index contributed by atoms with van der Waals surface area (Å²) < 4.78 is 0. The standard InChI is InChI=1S/C10H19NO/c1-5-9(6-2)11-7-10(3,4)8-12/h1,9,11-12H,6-8H2,2-4H3. The van der Waals surface area contributed by atoms with Gasteiger partial charge in [0.2, 0.25) is 0 Å². The van der Waals surface area contributed by atoms with Gasteiger partial charge in [-0.05, 0) is 6.42 Å². The van der Waals surface area contributed by atoms with Crippen LogP contribution in [0.25, 0.3) is 0 Å². The summed E-state index contributed by atoms with van der Waals surface area (Å²) in [6.07, 6.45) is 6.21. The molecule has 0 saturated heterocycles. The fourth-order valence-corrected chi connectivity index (χ4v) is 0.777. The van der Waals surface area contributed by atoms with Gasteiger partial charge in [0.25, 0.3) is 0 Å². The molecule has 12 heavy (non-hydrogen) atoms. The molecule has 0 saturated carbocycles. The maximum atomic E-state index is 8.96. The van der Waals surface area contributed by atoms with Crippen LogP contribution in [-0.2, 0) is 0 Å². The zero-order valence-electron chi connectivity index (χ0n) is 8.22. The van der Waals surface area contributed by atoms with Crippen LogP contribution < -0.4 is 5.32 Å². The lowest BCUT2D eigenvalue weighted by atomic mass is 9.94. The van der Waals surface area contributed by atoms with Gasteiger partial charge in [-0.15, -0.1) is 6.42 Å². The lowest BCUT2D eigenvalue weighted by Gasteiger charge is -2.23. The summed E-state index contributed by atoms with van der Waals surface area (Å²) in [5.74, 6) is 2.66. The van der Waals surface area contributed by atoms with Crippen LogP contribution in [0.2, 0.25) is 0 Å². The summed E-state index contributed by atoms with van der Waals surface area (Å²) in [6.45, 7) is 6.99. The van der Waals surface area contributed by atoms with Crippen molar-refractivity contribution in [3.05, 3.63) is 0 Å². The third-order valence-electron chi connectivity index (χ3n) is 1.86. The van der Waals surface area contributed by atoms with Gasteiger partial charge < -0.3 is 10.4 Å². The average molecular weight is 169 g/mol. The number of aliphatic hydroxyl groups is 1. The topological polar surface area (TPSA) is 32.3 Å². The van der Waals surface area contributed by atoms with E-state index in [1.807, 2.05) is 20.8 Å².